The fourth-order valence-corrected chi connectivity index (χ4v) is 3.61. The first kappa shape index (κ1) is 14.0. The van der Waals surface area contributed by atoms with E-state index in [0.29, 0.717) is 17.8 Å². The van der Waals surface area contributed by atoms with E-state index >= 15 is 0 Å². The molecule has 2 fully saturated rings. The molecule has 22 heavy (non-hydrogen) atoms. The summed E-state index contributed by atoms with van der Waals surface area (Å²) < 4.78 is 17.2. The Labute approximate surface area is 129 Å². The lowest BCUT2D eigenvalue weighted by molar-refractivity contribution is -0.0836. The minimum Gasteiger partial charge on any atom is -0.465 e. The fourth-order valence-electron chi connectivity index (χ4n) is 3.61. The van der Waals surface area contributed by atoms with E-state index in [1.54, 1.807) is 0 Å². The molecule has 6 nitrogen and oxygen atoms in total. The average molecular weight is 303 g/mol. The van der Waals surface area contributed by atoms with Crippen molar-refractivity contribution < 1.29 is 13.7 Å². The summed E-state index contributed by atoms with van der Waals surface area (Å²) in [6.45, 7) is 5.73. The highest BCUT2D eigenvalue weighted by atomic mass is 16.5. The molecule has 2 aliphatic rings. The third-order valence-electron chi connectivity index (χ3n) is 4.64. The van der Waals surface area contributed by atoms with Crippen molar-refractivity contribution in [1.82, 2.24) is 15.0 Å². The first-order valence-corrected chi connectivity index (χ1v) is 7.94. The summed E-state index contributed by atoms with van der Waals surface area (Å²) in [4.78, 5) is 6.78. The van der Waals surface area contributed by atoms with Crippen molar-refractivity contribution in [1.29, 1.82) is 0 Å². The molecule has 2 saturated heterocycles. The van der Waals surface area contributed by atoms with E-state index in [1.807, 2.05) is 19.9 Å². The Morgan fingerprint density at radius 3 is 2.86 bits per heavy atom. The first-order valence-electron chi connectivity index (χ1n) is 7.94. The molecule has 0 bridgehead atoms. The first-order chi connectivity index (χ1) is 10.7. The standard InChI is InChI=1S/C16H21N3O3/c1-10-3-4-12(20-10)9-19-8-7-14-13(19)5-6-15(21-14)16-17-11(2)18-22-16/h3-4,13-15H,5-9H2,1-2H3/t13-,14-,15-/m1/s1. The van der Waals surface area contributed by atoms with Gasteiger partial charge in [-0.2, -0.15) is 4.98 Å². The van der Waals surface area contributed by atoms with Gasteiger partial charge in [-0.3, -0.25) is 4.90 Å². The highest BCUT2D eigenvalue weighted by molar-refractivity contribution is 5.07. The third kappa shape index (κ3) is 2.57. The molecule has 3 atom stereocenters. The zero-order valence-corrected chi connectivity index (χ0v) is 13.0. The molecule has 0 aliphatic carbocycles. The lowest BCUT2D eigenvalue weighted by Gasteiger charge is -2.34. The third-order valence-corrected chi connectivity index (χ3v) is 4.64. The van der Waals surface area contributed by atoms with Crippen molar-refractivity contribution in [3.63, 3.8) is 0 Å². The Balaban J connectivity index is 1.41. The SMILES string of the molecule is Cc1noc([C@H]2CC[C@@H]3[C@@H](CCN3Cc3ccc(C)o3)O2)n1. The molecule has 0 amide bonds. The van der Waals surface area contributed by atoms with Gasteiger partial charge in [-0.1, -0.05) is 5.16 Å². The second kappa shape index (κ2) is 5.52. The van der Waals surface area contributed by atoms with Crippen LogP contribution in [0.1, 0.15) is 48.6 Å². The molecule has 0 aromatic carbocycles. The van der Waals surface area contributed by atoms with Gasteiger partial charge in [0, 0.05) is 12.6 Å². The number of likely N-dealkylation sites (tertiary alicyclic amines) is 1. The summed E-state index contributed by atoms with van der Waals surface area (Å²) in [5.74, 6) is 3.29. The maximum atomic E-state index is 6.21. The zero-order valence-electron chi connectivity index (χ0n) is 13.0. The van der Waals surface area contributed by atoms with Gasteiger partial charge in [-0.25, -0.2) is 0 Å². The Kier molecular flexibility index (Phi) is 3.50. The molecule has 0 radical (unpaired) electrons. The lowest BCUT2D eigenvalue weighted by Crippen LogP contribution is -2.40. The molecule has 2 aromatic heterocycles. The highest BCUT2D eigenvalue weighted by Gasteiger charge is 2.41. The number of fused-ring (bicyclic) bond motifs is 1. The van der Waals surface area contributed by atoms with Crippen LogP contribution in [0.2, 0.25) is 0 Å². The van der Waals surface area contributed by atoms with Crippen molar-refractivity contribution in [3.05, 3.63) is 35.4 Å². The van der Waals surface area contributed by atoms with E-state index in [1.165, 1.54) is 0 Å². The summed E-state index contributed by atoms with van der Waals surface area (Å²) in [7, 11) is 0. The second-order valence-corrected chi connectivity index (χ2v) is 6.26. The fraction of sp³-hybridized carbons (Fsp3) is 0.625. The van der Waals surface area contributed by atoms with Crippen molar-refractivity contribution >= 4 is 0 Å². The highest BCUT2D eigenvalue weighted by Crippen LogP contribution is 2.38. The van der Waals surface area contributed by atoms with Crippen LogP contribution in [0, 0.1) is 13.8 Å². The lowest BCUT2D eigenvalue weighted by atomic mass is 9.99. The molecule has 2 aromatic rings. The minimum atomic E-state index is -0.0479. The molecule has 118 valence electrons. The predicted octanol–water partition coefficient (Wildman–Crippen LogP) is 2.77. The topological polar surface area (TPSA) is 64.5 Å². The predicted molar refractivity (Wildman–Crippen MR) is 78.1 cm³/mol. The summed E-state index contributed by atoms with van der Waals surface area (Å²) in [6, 6.07) is 4.55. The average Bonchev–Trinajstić information content (AvgIpc) is 3.21. The monoisotopic (exact) mass is 303 g/mol. The number of aryl methyl sites for hydroxylation is 2. The van der Waals surface area contributed by atoms with Crippen LogP contribution >= 0.6 is 0 Å². The number of furan rings is 1. The van der Waals surface area contributed by atoms with Gasteiger partial charge in [0.2, 0.25) is 0 Å². The molecule has 0 saturated carbocycles. The Hall–Kier alpha value is -1.66. The number of ether oxygens (including phenoxy) is 1. The van der Waals surface area contributed by atoms with Crippen molar-refractivity contribution in [2.45, 2.75) is 57.9 Å². The van der Waals surface area contributed by atoms with Crippen molar-refractivity contribution in [2.75, 3.05) is 6.54 Å². The van der Waals surface area contributed by atoms with E-state index < -0.39 is 0 Å². The van der Waals surface area contributed by atoms with E-state index in [4.69, 9.17) is 13.7 Å². The van der Waals surface area contributed by atoms with Gasteiger partial charge in [0.05, 0.1) is 12.6 Å². The van der Waals surface area contributed by atoms with Gasteiger partial charge in [0.1, 0.15) is 17.6 Å². The van der Waals surface area contributed by atoms with Gasteiger partial charge < -0.3 is 13.7 Å². The molecule has 2 aliphatic heterocycles. The van der Waals surface area contributed by atoms with Gasteiger partial charge >= 0.3 is 0 Å². The van der Waals surface area contributed by atoms with Crippen LogP contribution in [-0.2, 0) is 11.3 Å². The quantitative estimate of drug-likeness (QED) is 0.868. The zero-order chi connectivity index (χ0) is 15.1. The van der Waals surface area contributed by atoms with Crippen LogP contribution in [0.4, 0.5) is 0 Å². The van der Waals surface area contributed by atoms with Crippen LogP contribution in [0.5, 0.6) is 0 Å². The van der Waals surface area contributed by atoms with E-state index in [-0.39, 0.29) is 12.2 Å². The second-order valence-electron chi connectivity index (χ2n) is 6.26. The molecule has 0 N–H and O–H groups in total. The van der Waals surface area contributed by atoms with Gasteiger partial charge in [0.15, 0.2) is 5.82 Å². The molecule has 6 heteroatoms. The van der Waals surface area contributed by atoms with Crippen molar-refractivity contribution in [3.8, 4) is 0 Å². The van der Waals surface area contributed by atoms with Crippen molar-refractivity contribution in [2.24, 2.45) is 0 Å². The molecular formula is C16H21N3O3. The maximum absolute atomic E-state index is 6.21. The van der Waals surface area contributed by atoms with E-state index in [0.717, 1.165) is 43.9 Å². The molecule has 4 heterocycles. The van der Waals surface area contributed by atoms with Gasteiger partial charge in [-0.05, 0) is 45.2 Å². The smallest absolute Gasteiger partial charge is 0.255 e. The van der Waals surface area contributed by atoms with Gasteiger partial charge in [0.25, 0.3) is 5.89 Å². The van der Waals surface area contributed by atoms with Crippen LogP contribution in [0.25, 0.3) is 0 Å². The summed E-state index contributed by atoms with van der Waals surface area (Å²) in [6.07, 6.45) is 3.27. The van der Waals surface area contributed by atoms with E-state index in [9.17, 15) is 0 Å². The molecule has 0 spiro atoms. The summed E-state index contributed by atoms with van der Waals surface area (Å²) >= 11 is 0. The molecular weight excluding hydrogens is 282 g/mol. The van der Waals surface area contributed by atoms with Crippen LogP contribution in [-0.4, -0.2) is 33.7 Å². The minimum absolute atomic E-state index is 0.0479. The normalized spacial score (nSPS) is 28.9. The Morgan fingerprint density at radius 2 is 2.14 bits per heavy atom. The Bertz CT molecular complexity index is 651. The maximum Gasteiger partial charge on any atom is 0.255 e. The number of rotatable bonds is 3. The number of nitrogens with zero attached hydrogens (tertiary/aromatic N) is 3. The largest absolute Gasteiger partial charge is 0.465 e. The summed E-state index contributed by atoms with van der Waals surface area (Å²) in [5, 5.41) is 3.86. The summed E-state index contributed by atoms with van der Waals surface area (Å²) in [5.41, 5.74) is 0. The number of aromatic nitrogens is 2. The number of hydrogen-bond acceptors (Lipinski definition) is 6. The molecule has 4 rings (SSSR count). The Morgan fingerprint density at radius 1 is 1.23 bits per heavy atom. The van der Waals surface area contributed by atoms with E-state index in [2.05, 4.69) is 21.1 Å². The van der Waals surface area contributed by atoms with Crippen LogP contribution < -0.4 is 0 Å². The van der Waals surface area contributed by atoms with Crippen LogP contribution in [0.3, 0.4) is 0 Å². The van der Waals surface area contributed by atoms with Crippen LogP contribution in [0.15, 0.2) is 21.1 Å². The molecule has 0 unspecified atom stereocenters. The van der Waals surface area contributed by atoms with Gasteiger partial charge in [-0.15, -0.1) is 0 Å². The number of hydrogen-bond donors (Lipinski definition) is 0.